The number of nitrogens with two attached hydrogens (primary N) is 1. The number of primary amides is 1. The number of oxime groups is 1. The van der Waals surface area contributed by atoms with Crippen molar-refractivity contribution < 1.29 is 14.8 Å². The van der Waals surface area contributed by atoms with Crippen molar-refractivity contribution in [3.8, 4) is 0 Å². The molecule has 0 saturated carbocycles. The molecule has 3 N–H and O–H groups in total. The molecule has 1 aromatic carbocycles. The van der Waals surface area contributed by atoms with E-state index in [1.54, 1.807) is 12.2 Å². The Kier molecular flexibility index (Phi) is 4.15. The SMILES string of the molecule is NC(=O)N(O)C1C=C/C(=N\OCc2ccccc2)C1. The van der Waals surface area contributed by atoms with E-state index in [1.165, 1.54) is 0 Å². The first-order chi connectivity index (χ1) is 9.16. The molecule has 1 unspecified atom stereocenters. The summed E-state index contributed by atoms with van der Waals surface area (Å²) in [6.07, 6.45) is 3.73. The van der Waals surface area contributed by atoms with E-state index in [1.807, 2.05) is 30.3 Å². The Morgan fingerprint density at radius 3 is 2.89 bits per heavy atom. The summed E-state index contributed by atoms with van der Waals surface area (Å²) < 4.78 is 0. The number of carbonyl (C=O) groups is 1. The fraction of sp³-hybridized carbons (Fsp3) is 0.231. The molecule has 0 fully saturated rings. The van der Waals surface area contributed by atoms with E-state index in [9.17, 15) is 10.0 Å². The molecular weight excluding hydrogens is 246 g/mol. The summed E-state index contributed by atoms with van der Waals surface area (Å²) in [6, 6.07) is 8.30. The van der Waals surface area contributed by atoms with Crippen molar-refractivity contribution in [2.24, 2.45) is 10.9 Å². The van der Waals surface area contributed by atoms with Crippen molar-refractivity contribution in [2.75, 3.05) is 0 Å². The molecule has 6 nitrogen and oxygen atoms in total. The topological polar surface area (TPSA) is 88.2 Å². The predicted octanol–water partition coefficient (Wildman–Crippen LogP) is 1.66. The Morgan fingerprint density at radius 2 is 2.21 bits per heavy atom. The van der Waals surface area contributed by atoms with E-state index in [0.29, 0.717) is 23.8 Å². The van der Waals surface area contributed by atoms with Crippen LogP contribution in [0.2, 0.25) is 0 Å². The van der Waals surface area contributed by atoms with E-state index >= 15 is 0 Å². The van der Waals surface area contributed by atoms with Gasteiger partial charge in [0.05, 0.1) is 11.8 Å². The molecule has 6 heteroatoms. The van der Waals surface area contributed by atoms with Gasteiger partial charge in [-0.2, -0.15) is 5.06 Å². The van der Waals surface area contributed by atoms with Gasteiger partial charge in [-0.3, -0.25) is 5.21 Å². The predicted molar refractivity (Wildman–Crippen MR) is 69.4 cm³/mol. The first-order valence-electron chi connectivity index (χ1n) is 5.85. The third-order valence-electron chi connectivity index (χ3n) is 2.72. The normalized spacial score (nSPS) is 19.6. The summed E-state index contributed by atoms with van der Waals surface area (Å²) >= 11 is 0. The number of carbonyl (C=O) groups excluding carboxylic acids is 1. The number of hydrogen-bond donors (Lipinski definition) is 2. The fourth-order valence-electron chi connectivity index (χ4n) is 1.74. The standard InChI is InChI=1S/C13H15N3O3/c14-13(17)16(18)12-7-6-11(8-12)15-19-9-10-4-2-1-3-5-10/h1-7,12,18H,8-9H2,(H2,14,17)/b15-11+. The molecule has 1 aromatic rings. The second-order valence-electron chi connectivity index (χ2n) is 4.16. The second kappa shape index (κ2) is 6.01. The molecule has 0 bridgehead atoms. The lowest BCUT2D eigenvalue weighted by Crippen LogP contribution is -2.39. The molecule has 1 aliphatic carbocycles. The van der Waals surface area contributed by atoms with Gasteiger partial charge in [-0.05, 0) is 11.6 Å². The number of rotatable bonds is 4. The molecule has 100 valence electrons. The molecule has 0 spiro atoms. The van der Waals surface area contributed by atoms with Crippen LogP contribution in [-0.2, 0) is 11.4 Å². The number of allylic oxidation sites excluding steroid dienone is 1. The van der Waals surface area contributed by atoms with E-state index < -0.39 is 12.1 Å². The van der Waals surface area contributed by atoms with Gasteiger partial charge in [0.1, 0.15) is 6.61 Å². The average Bonchev–Trinajstić information content (AvgIpc) is 2.88. The minimum atomic E-state index is -0.888. The van der Waals surface area contributed by atoms with Gasteiger partial charge in [0.25, 0.3) is 0 Å². The van der Waals surface area contributed by atoms with Gasteiger partial charge in [-0.15, -0.1) is 0 Å². The molecule has 0 aromatic heterocycles. The van der Waals surface area contributed by atoms with Crippen LogP contribution in [0.25, 0.3) is 0 Å². The van der Waals surface area contributed by atoms with Gasteiger partial charge in [0.2, 0.25) is 0 Å². The van der Waals surface area contributed by atoms with Gasteiger partial charge in [0, 0.05) is 6.42 Å². The van der Waals surface area contributed by atoms with Crippen LogP contribution in [-0.4, -0.2) is 28.1 Å². The van der Waals surface area contributed by atoms with Gasteiger partial charge in [0.15, 0.2) is 0 Å². The summed E-state index contributed by atoms with van der Waals surface area (Å²) in [6.45, 7) is 0.376. The van der Waals surface area contributed by atoms with Crippen molar-refractivity contribution in [3.63, 3.8) is 0 Å². The molecule has 1 atom stereocenters. The van der Waals surface area contributed by atoms with Gasteiger partial charge in [-0.25, -0.2) is 4.79 Å². The van der Waals surface area contributed by atoms with Crippen molar-refractivity contribution in [3.05, 3.63) is 48.0 Å². The molecule has 2 rings (SSSR count). The van der Waals surface area contributed by atoms with Crippen molar-refractivity contribution in [2.45, 2.75) is 19.1 Å². The maximum atomic E-state index is 10.8. The summed E-state index contributed by atoms with van der Waals surface area (Å²) in [5, 5.41) is 13.8. The number of benzene rings is 1. The lowest BCUT2D eigenvalue weighted by molar-refractivity contribution is -0.0583. The van der Waals surface area contributed by atoms with Gasteiger partial charge < -0.3 is 10.6 Å². The highest BCUT2D eigenvalue weighted by molar-refractivity contribution is 5.97. The maximum Gasteiger partial charge on any atom is 0.339 e. The Labute approximate surface area is 110 Å². The fourth-order valence-corrected chi connectivity index (χ4v) is 1.74. The zero-order valence-electron chi connectivity index (χ0n) is 10.3. The average molecular weight is 261 g/mol. The summed E-state index contributed by atoms with van der Waals surface area (Å²) in [5.41, 5.74) is 6.64. The molecule has 0 aliphatic heterocycles. The van der Waals surface area contributed by atoms with E-state index in [4.69, 9.17) is 10.6 Å². The highest BCUT2D eigenvalue weighted by Gasteiger charge is 2.23. The molecular formula is C13H15N3O3. The number of hydroxylamine groups is 2. The molecule has 1 aliphatic rings. The first kappa shape index (κ1) is 13.1. The summed E-state index contributed by atoms with van der Waals surface area (Å²) in [5.74, 6) is 0. The van der Waals surface area contributed by atoms with Crippen molar-refractivity contribution >= 4 is 11.7 Å². The van der Waals surface area contributed by atoms with Crippen LogP contribution in [0.1, 0.15) is 12.0 Å². The summed E-state index contributed by atoms with van der Waals surface area (Å²) in [4.78, 5) is 16.0. The number of nitrogens with zero attached hydrogens (tertiary/aromatic N) is 2. The zero-order valence-corrected chi connectivity index (χ0v) is 10.3. The van der Waals surface area contributed by atoms with Crippen LogP contribution in [0.5, 0.6) is 0 Å². The number of urea groups is 1. The van der Waals surface area contributed by atoms with E-state index in [2.05, 4.69) is 5.16 Å². The lowest BCUT2D eigenvalue weighted by atomic mass is 10.2. The number of amides is 2. The molecule has 2 amide bonds. The quantitative estimate of drug-likeness (QED) is 0.638. The molecule has 0 saturated heterocycles. The Morgan fingerprint density at radius 1 is 1.47 bits per heavy atom. The van der Waals surface area contributed by atoms with Crippen LogP contribution >= 0.6 is 0 Å². The van der Waals surface area contributed by atoms with Crippen molar-refractivity contribution in [1.82, 2.24) is 5.06 Å². The van der Waals surface area contributed by atoms with E-state index in [-0.39, 0.29) is 0 Å². The minimum Gasteiger partial charge on any atom is -0.391 e. The Bertz CT molecular complexity index is 499. The first-order valence-corrected chi connectivity index (χ1v) is 5.85. The second-order valence-corrected chi connectivity index (χ2v) is 4.16. The number of hydrogen-bond acceptors (Lipinski definition) is 4. The largest absolute Gasteiger partial charge is 0.391 e. The molecule has 0 heterocycles. The van der Waals surface area contributed by atoms with Crippen LogP contribution in [0.4, 0.5) is 4.79 Å². The smallest absolute Gasteiger partial charge is 0.339 e. The van der Waals surface area contributed by atoms with Crippen LogP contribution < -0.4 is 5.73 Å². The van der Waals surface area contributed by atoms with Crippen LogP contribution in [0.15, 0.2) is 47.6 Å². The minimum absolute atomic E-state index is 0.376. The Hall–Kier alpha value is -2.34. The van der Waals surface area contributed by atoms with Crippen LogP contribution in [0, 0.1) is 0 Å². The van der Waals surface area contributed by atoms with Gasteiger partial charge in [-0.1, -0.05) is 41.6 Å². The lowest BCUT2D eigenvalue weighted by Gasteiger charge is -2.17. The van der Waals surface area contributed by atoms with Crippen molar-refractivity contribution in [1.29, 1.82) is 0 Å². The summed E-state index contributed by atoms with van der Waals surface area (Å²) in [7, 11) is 0. The Balaban J connectivity index is 1.83. The highest BCUT2D eigenvalue weighted by Crippen LogP contribution is 2.13. The van der Waals surface area contributed by atoms with Crippen LogP contribution in [0.3, 0.4) is 0 Å². The highest BCUT2D eigenvalue weighted by atomic mass is 16.6. The maximum absolute atomic E-state index is 10.8. The monoisotopic (exact) mass is 261 g/mol. The third kappa shape index (κ3) is 3.56. The third-order valence-corrected chi connectivity index (χ3v) is 2.72. The van der Waals surface area contributed by atoms with E-state index in [0.717, 1.165) is 5.56 Å². The zero-order chi connectivity index (χ0) is 13.7. The van der Waals surface area contributed by atoms with Gasteiger partial charge >= 0.3 is 6.03 Å². The molecule has 0 radical (unpaired) electrons. The molecule has 19 heavy (non-hydrogen) atoms.